The van der Waals surface area contributed by atoms with E-state index in [-0.39, 0.29) is 12.0 Å². The lowest BCUT2D eigenvalue weighted by atomic mass is 10.2. The van der Waals surface area contributed by atoms with E-state index in [0.29, 0.717) is 18.0 Å². The number of nitrogens with one attached hydrogen (secondary N) is 1. The summed E-state index contributed by atoms with van der Waals surface area (Å²) in [6.07, 6.45) is 1.75. The fourth-order valence-corrected chi connectivity index (χ4v) is 2.60. The first-order chi connectivity index (χ1) is 12.2. The fourth-order valence-electron chi connectivity index (χ4n) is 2.60. The van der Waals surface area contributed by atoms with Crippen LogP contribution in [0.2, 0.25) is 0 Å². The van der Waals surface area contributed by atoms with E-state index in [0.717, 1.165) is 25.2 Å². The van der Waals surface area contributed by atoms with E-state index in [4.69, 9.17) is 14.2 Å². The number of rotatable bonds is 7. The summed E-state index contributed by atoms with van der Waals surface area (Å²) in [5.41, 5.74) is 0.706. The zero-order valence-electron chi connectivity index (χ0n) is 14.3. The quantitative estimate of drug-likeness (QED) is 0.835. The number of para-hydroxylation sites is 1. The highest BCUT2D eigenvalue weighted by Crippen LogP contribution is 2.19. The second-order valence-electron chi connectivity index (χ2n) is 6.03. The molecule has 3 rings (SSSR count). The van der Waals surface area contributed by atoms with E-state index in [9.17, 15) is 4.79 Å². The maximum absolute atomic E-state index is 12.2. The summed E-state index contributed by atoms with van der Waals surface area (Å²) in [5, 5.41) is 2.84. The average Bonchev–Trinajstić information content (AvgIpc) is 3.15. The average molecular weight is 341 g/mol. The van der Waals surface area contributed by atoms with E-state index in [2.05, 4.69) is 5.32 Å². The van der Waals surface area contributed by atoms with Crippen LogP contribution < -0.4 is 14.8 Å². The van der Waals surface area contributed by atoms with Gasteiger partial charge in [0, 0.05) is 12.3 Å². The van der Waals surface area contributed by atoms with Crippen molar-refractivity contribution in [3.8, 4) is 11.5 Å². The topological polar surface area (TPSA) is 56.8 Å². The third-order valence-corrected chi connectivity index (χ3v) is 4.01. The maximum Gasteiger partial charge on any atom is 0.265 e. The van der Waals surface area contributed by atoms with Gasteiger partial charge in [0.15, 0.2) is 6.10 Å². The Kier molecular flexibility index (Phi) is 5.90. The molecule has 0 aliphatic carbocycles. The summed E-state index contributed by atoms with van der Waals surface area (Å²) in [4.78, 5) is 12.2. The van der Waals surface area contributed by atoms with Crippen LogP contribution in [0.25, 0.3) is 0 Å². The third-order valence-electron chi connectivity index (χ3n) is 4.01. The Morgan fingerprint density at radius 1 is 1.16 bits per heavy atom. The minimum Gasteiger partial charge on any atom is -0.491 e. The first-order valence-corrected chi connectivity index (χ1v) is 8.58. The molecule has 0 spiro atoms. The van der Waals surface area contributed by atoms with Gasteiger partial charge in [-0.05, 0) is 56.2 Å². The monoisotopic (exact) mass is 341 g/mol. The van der Waals surface area contributed by atoms with Gasteiger partial charge in [-0.25, -0.2) is 0 Å². The predicted octanol–water partition coefficient (Wildman–Crippen LogP) is 3.65. The SMILES string of the molecule is C[C@H](Oc1ccccc1)C(=O)Nc1ccc(OC[C@H]2CCCO2)cc1. The minimum atomic E-state index is -0.585. The van der Waals surface area contributed by atoms with Crippen molar-refractivity contribution in [1.82, 2.24) is 0 Å². The molecule has 1 N–H and O–H groups in total. The van der Waals surface area contributed by atoms with Crippen molar-refractivity contribution in [2.45, 2.75) is 32.0 Å². The normalized spacial score (nSPS) is 17.7. The van der Waals surface area contributed by atoms with Gasteiger partial charge in [0.1, 0.15) is 18.1 Å². The zero-order valence-corrected chi connectivity index (χ0v) is 14.3. The number of anilines is 1. The summed E-state index contributed by atoms with van der Waals surface area (Å²) >= 11 is 0. The van der Waals surface area contributed by atoms with E-state index < -0.39 is 6.10 Å². The fraction of sp³-hybridized carbons (Fsp3) is 0.350. The number of carbonyl (C=O) groups excluding carboxylic acids is 1. The maximum atomic E-state index is 12.2. The first-order valence-electron chi connectivity index (χ1n) is 8.58. The summed E-state index contributed by atoms with van der Waals surface area (Å²) in [7, 11) is 0. The second kappa shape index (κ2) is 8.53. The predicted molar refractivity (Wildman–Crippen MR) is 96.1 cm³/mol. The van der Waals surface area contributed by atoms with Gasteiger partial charge in [0.2, 0.25) is 0 Å². The number of carbonyl (C=O) groups is 1. The molecule has 1 saturated heterocycles. The van der Waals surface area contributed by atoms with Crippen LogP contribution in [0.3, 0.4) is 0 Å². The van der Waals surface area contributed by atoms with Crippen molar-refractivity contribution in [3.63, 3.8) is 0 Å². The Balaban J connectivity index is 1.47. The second-order valence-corrected chi connectivity index (χ2v) is 6.03. The minimum absolute atomic E-state index is 0.190. The molecule has 132 valence electrons. The molecule has 0 aromatic heterocycles. The van der Waals surface area contributed by atoms with Crippen molar-refractivity contribution in [1.29, 1.82) is 0 Å². The molecule has 1 heterocycles. The molecular formula is C20H23NO4. The zero-order chi connectivity index (χ0) is 17.5. The van der Waals surface area contributed by atoms with Crippen molar-refractivity contribution >= 4 is 11.6 Å². The van der Waals surface area contributed by atoms with Crippen molar-refractivity contribution in [2.75, 3.05) is 18.5 Å². The number of amides is 1. The molecule has 0 unspecified atom stereocenters. The van der Waals surface area contributed by atoms with Gasteiger partial charge in [-0.15, -0.1) is 0 Å². The standard InChI is InChI=1S/C20H23NO4/c1-15(25-18-6-3-2-4-7-18)20(22)21-16-9-11-17(12-10-16)24-14-19-8-5-13-23-19/h2-4,6-7,9-12,15,19H,5,8,13-14H2,1H3,(H,21,22)/t15-,19+/m0/s1. The molecule has 2 atom stereocenters. The van der Waals surface area contributed by atoms with Crippen LogP contribution in [0.5, 0.6) is 11.5 Å². The molecule has 1 aliphatic heterocycles. The van der Waals surface area contributed by atoms with E-state index in [1.807, 2.05) is 54.6 Å². The smallest absolute Gasteiger partial charge is 0.265 e. The number of ether oxygens (including phenoxy) is 3. The van der Waals surface area contributed by atoms with Crippen LogP contribution in [0.1, 0.15) is 19.8 Å². The van der Waals surface area contributed by atoms with Gasteiger partial charge in [-0.3, -0.25) is 4.79 Å². The Hall–Kier alpha value is -2.53. The highest BCUT2D eigenvalue weighted by Gasteiger charge is 2.16. The van der Waals surface area contributed by atoms with Crippen LogP contribution >= 0.6 is 0 Å². The molecule has 0 bridgehead atoms. The van der Waals surface area contributed by atoms with Crippen LogP contribution in [0.4, 0.5) is 5.69 Å². The Labute approximate surface area is 147 Å². The Morgan fingerprint density at radius 2 is 1.92 bits per heavy atom. The lowest BCUT2D eigenvalue weighted by Crippen LogP contribution is -2.30. The molecule has 0 radical (unpaired) electrons. The number of hydrogen-bond acceptors (Lipinski definition) is 4. The van der Waals surface area contributed by atoms with Gasteiger partial charge < -0.3 is 19.5 Å². The Bertz CT molecular complexity index is 666. The van der Waals surface area contributed by atoms with E-state index >= 15 is 0 Å². The summed E-state index contributed by atoms with van der Waals surface area (Å²) in [6, 6.07) is 16.6. The Morgan fingerprint density at radius 3 is 2.60 bits per heavy atom. The lowest BCUT2D eigenvalue weighted by molar-refractivity contribution is -0.122. The first kappa shape index (κ1) is 17.3. The van der Waals surface area contributed by atoms with E-state index in [1.165, 1.54) is 0 Å². The molecule has 5 heteroatoms. The lowest BCUT2D eigenvalue weighted by Gasteiger charge is -2.15. The van der Waals surface area contributed by atoms with Crippen molar-refractivity contribution in [2.24, 2.45) is 0 Å². The van der Waals surface area contributed by atoms with Crippen LogP contribution in [-0.2, 0) is 9.53 Å². The molecule has 2 aromatic carbocycles. The van der Waals surface area contributed by atoms with Gasteiger partial charge in [0.25, 0.3) is 5.91 Å². The summed E-state index contributed by atoms with van der Waals surface area (Å²) < 4.78 is 16.9. The van der Waals surface area contributed by atoms with Crippen LogP contribution in [0.15, 0.2) is 54.6 Å². The molecule has 1 fully saturated rings. The number of hydrogen-bond donors (Lipinski definition) is 1. The summed E-state index contributed by atoms with van der Waals surface area (Å²) in [6.45, 7) is 3.11. The van der Waals surface area contributed by atoms with E-state index in [1.54, 1.807) is 6.92 Å². The van der Waals surface area contributed by atoms with Gasteiger partial charge in [0.05, 0.1) is 6.10 Å². The van der Waals surface area contributed by atoms with Gasteiger partial charge in [-0.1, -0.05) is 18.2 Å². The van der Waals surface area contributed by atoms with Crippen molar-refractivity contribution in [3.05, 3.63) is 54.6 Å². The van der Waals surface area contributed by atoms with Gasteiger partial charge >= 0.3 is 0 Å². The van der Waals surface area contributed by atoms with Gasteiger partial charge in [-0.2, -0.15) is 0 Å². The molecule has 1 aliphatic rings. The summed E-state index contributed by atoms with van der Waals surface area (Å²) in [5.74, 6) is 1.24. The molecule has 2 aromatic rings. The van der Waals surface area contributed by atoms with Crippen molar-refractivity contribution < 1.29 is 19.0 Å². The van der Waals surface area contributed by atoms with Crippen LogP contribution in [-0.4, -0.2) is 31.3 Å². The highest BCUT2D eigenvalue weighted by molar-refractivity contribution is 5.94. The molecule has 25 heavy (non-hydrogen) atoms. The molecule has 0 saturated carbocycles. The number of benzene rings is 2. The molecular weight excluding hydrogens is 318 g/mol. The van der Waals surface area contributed by atoms with Crippen LogP contribution in [0, 0.1) is 0 Å². The molecule has 5 nitrogen and oxygen atoms in total. The molecule has 1 amide bonds. The highest BCUT2D eigenvalue weighted by atomic mass is 16.5. The third kappa shape index (κ3) is 5.22. The largest absolute Gasteiger partial charge is 0.491 e.